The molecule has 0 saturated carbocycles. The predicted octanol–water partition coefficient (Wildman–Crippen LogP) is 4.33. The van der Waals surface area contributed by atoms with Crippen LogP contribution in [-0.4, -0.2) is 12.2 Å². The summed E-state index contributed by atoms with van der Waals surface area (Å²) in [7, 11) is 1.38. The van der Waals surface area contributed by atoms with Gasteiger partial charge in [0.05, 0.1) is 7.11 Å². The van der Waals surface area contributed by atoms with Crippen molar-refractivity contribution in [2.45, 2.75) is 6.10 Å². The molecule has 0 saturated heterocycles. The number of hydrogen-bond donors (Lipinski definition) is 1. The molecule has 2 rings (SSSR count). The molecule has 0 aliphatic heterocycles. The molecule has 100 valence electrons. The van der Waals surface area contributed by atoms with Crippen molar-refractivity contribution < 1.29 is 14.2 Å². The minimum Gasteiger partial charge on any atom is -0.494 e. The number of benzene rings is 2. The zero-order valence-corrected chi connectivity index (χ0v) is 12.4. The summed E-state index contributed by atoms with van der Waals surface area (Å²) < 4.78 is 19.6. The second-order valence-corrected chi connectivity index (χ2v) is 5.22. The molecule has 0 aromatic heterocycles. The molecule has 1 unspecified atom stereocenters. The summed E-state index contributed by atoms with van der Waals surface area (Å²) in [5, 5.41) is 10.8. The molecule has 19 heavy (non-hydrogen) atoms. The fourth-order valence-electron chi connectivity index (χ4n) is 1.79. The van der Waals surface area contributed by atoms with Crippen LogP contribution in [0.2, 0.25) is 5.02 Å². The molecule has 0 radical (unpaired) electrons. The van der Waals surface area contributed by atoms with Gasteiger partial charge in [-0.3, -0.25) is 0 Å². The van der Waals surface area contributed by atoms with Crippen LogP contribution < -0.4 is 4.74 Å². The Bertz CT molecular complexity index is 604. The van der Waals surface area contributed by atoms with Gasteiger partial charge in [-0.1, -0.05) is 45.7 Å². The average molecular weight is 346 g/mol. The molecule has 5 heteroatoms. The highest BCUT2D eigenvalue weighted by atomic mass is 79.9. The van der Waals surface area contributed by atoms with Crippen LogP contribution in [0, 0.1) is 5.82 Å². The Morgan fingerprint density at radius 1 is 1.26 bits per heavy atom. The molecule has 1 N–H and O–H groups in total. The molecule has 0 heterocycles. The average Bonchev–Trinajstić information content (AvgIpc) is 2.38. The zero-order valence-electron chi connectivity index (χ0n) is 10.0. The van der Waals surface area contributed by atoms with Crippen LogP contribution in [0.15, 0.2) is 40.9 Å². The third-order valence-electron chi connectivity index (χ3n) is 2.76. The Labute approximate surface area is 123 Å². The first-order valence-corrected chi connectivity index (χ1v) is 6.67. The third-order valence-corrected chi connectivity index (χ3v) is 3.69. The van der Waals surface area contributed by atoms with Crippen LogP contribution in [0.25, 0.3) is 0 Å². The van der Waals surface area contributed by atoms with Crippen LogP contribution in [0.3, 0.4) is 0 Å². The summed E-state index contributed by atoms with van der Waals surface area (Å²) in [5.74, 6) is -0.471. The number of methoxy groups -OCH3 is 1. The van der Waals surface area contributed by atoms with Crippen molar-refractivity contribution in [1.82, 2.24) is 0 Å². The number of rotatable bonds is 3. The van der Waals surface area contributed by atoms with Gasteiger partial charge in [0, 0.05) is 15.1 Å². The van der Waals surface area contributed by atoms with Crippen molar-refractivity contribution in [2.24, 2.45) is 0 Å². The highest BCUT2D eigenvalue weighted by Crippen LogP contribution is 2.33. The monoisotopic (exact) mass is 344 g/mol. The van der Waals surface area contributed by atoms with Crippen LogP contribution in [0.4, 0.5) is 4.39 Å². The molecular formula is C14H11BrClFO2. The molecule has 2 nitrogen and oxygen atoms in total. The zero-order chi connectivity index (χ0) is 14.0. The van der Waals surface area contributed by atoms with Crippen molar-refractivity contribution in [3.05, 3.63) is 62.8 Å². The van der Waals surface area contributed by atoms with Gasteiger partial charge in [-0.25, -0.2) is 4.39 Å². The van der Waals surface area contributed by atoms with Crippen molar-refractivity contribution >= 4 is 27.5 Å². The molecule has 0 fully saturated rings. The van der Waals surface area contributed by atoms with E-state index in [9.17, 15) is 9.50 Å². The molecule has 2 aromatic rings. The van der Waals surface area contributed by atoms with Crippen molar-refractivity contribution in [3.63, 3.8) is 0 Å². The van der Waals surface area contributed by atoms with E-state index < -0.39 is 11.9 Å². The second kappa shape index (κ2) is 5.90. The van der Waals surface area contributed by atoms with E-state index in [-0.39, 0.29) is 11.3 Å². The number of hydrogen-bond acceptors (Lipinski definition) is 2. The highest BCUT2D eigenvalue weighted by Gasteiger charge is 2.19. The van der Waals surface area contributed by atoms with Gasteiger partial charge >= 0.3 is 0 Å². The normalized spacial score (nSPS) is 12.3. The second-order valence-electron chi connectivity index (χ2n) is 3.93. The summed E-state index contributed by atoms with van der Waals surface area (Å²) in [5.41, 5.74) is 0.693. The Morgan fingerprint density at radius 2 is 2.00 bits per heavy atom. The van der Waals surface area contributed by atoms with Gasteiger partial charge in [-0.05, 0) is 23.8 Å². The van der Waals surface area contributed by atoms with Crippen molar-refractivity contribution in [1.29, 1.82) is 0 Å². The minimum atomic E-state index is -1.10. The maximum Gasteiger partial charge on any atom is 0.171 e. The van der Waals surface area contributed by atoms with E-state index in [4.69, 9.17) is 16.3 Å². The largest absolute Gasteiger partial charge is 0.494 e. The van der Waals surface area contributed by atoms with Crippen molar-refractivity contribution in [3.8, 4) is 5.75 Å². The third kappa shape index (κ3) is 2.91. The standard InChI is InChI=1S/C14H11BrClFO2/c1-19-12-4-2-3-10(13(12)17)14(18)9-6-5-8(16)7-11(9)15/h2-7,14,18H,1H3. The van der Waals surface area contributed by atoms with E-state index >= 15 is 0 Å². The van der Waals surface area contributed by atoms with E-state index in [0.717, 1.165) is 0 Å². The van der Waals surface area contributed by atoms with Crippen LogP contribution in [0.5, 0.6) is 5.75 Å². The van der Waals surface area contributed by atoms with E-state index in [1.54, 1.807) is 24.3 Å². The van der Waals surface area contributed by atoms with Gasteiger partial charge < -0.3 is 9.84 Å². The number of aliphatic hydroxyl groups is 1. The molecule has 0 aliphatic rings. The SMILES string of the molecule is COc1cccc(C(O)c2ccc(Cl)cc2Br)c1F. The van der Waals surface area contributed by atoms with Gasteiger partial charge in [0.2, 0.25) is 0 Å². The summed E-state index contributed by atoms with van der Waals surface area (Å²) in [6.45, 7) is 0. The van der Waals surface area contributed by atoms with E-state index in [0.29, 0.717) is 15.1 Å². The van der Waals surface area contributed by atoms with Gasteiger partial charge in [-0.2, -0.15) is 0 Å². The Morgan fingerprint density at radius 3 is 2.63 bits per heavy atom. The topological polar surface area (TPSA) is 29.5 Å². The van der Waals surface area contributed by atoms with Gasteiger partial charge in [0.15, 0.2) is 11.6 Å². The van der Waals surface area contributed by atoms with E-state index in [2.05, 4.69) is 15.9 Å². The molecule has 0 aliphatic carbocycles. The lowest BCUT2D eigenvalue weighted by molar-refractivity contribution is 0.212. The fourth-order valence-corrected chi connectivity index (χ4v) is 2.69. The van der Waals surface area contributed by atoms with Crippen LogP contribution in [0.1, 0.15) is 17.2 Å². The number of ether oxygens (including phenoxy) is 1. The van der Waals surface area contributed by atoms with Gasteiger partial charge in [0.25, 0.3) is 0 Å². The molecule has 2 aromatic carbocycles. The molecule has 0 spiro atoms. The number of aliphatic hydroxyl groups excluding tert-OH is 1. The first kappa shape index (κ1) is 14.3. The fraction of sp³-hybridized carbons (Fsp3) is 0.143. The van der Waals surface area contributed by atoms with Crippen LogP contribution in [-0.2, 0) is 0 Å². The van der Waals surface area contributed by atoms with Gasteiger partial charge in [-0.15, -0.1) is 0 Å². The predicted molar refractivity (Wildman–Crippen MR) is 76.2 cm³/mol. The molecule has 0 bridgehead atoms. The quantitative estimate of drug-likeness (QED) is 0.897. The summed E-state index contributed by atoms with van der Waals surface area (Å²) in [6.07, 6.45) is -1.10. The molecule has 0 amide bonds. The van der Waals surface area contributed by atoms with E-state index in [1.165, 1.54) is 19.2 Å². The Balaban J connectivity index is 2.47. The maximum atomic E-state index is 14.1. The van der Waals surface area contributed by atoms with E-state index in [1.807, 2.05) is 0 Å². The first-order valence-electron chi connectivity index (χ1n) is 5.50. The summed E-state index contributed by atoms with van der Waals surface area (Å²) in [4.78, 5) is 0. The Kier molecular flexibility index (Phi) is 4.45. The van der Waals surface area contributed by atoms with Crippen LogP contribution >= 0.6 is 27.5 Å². The highest BCUT2D eigenvalue weighted by molar-refractivity contribution is 9.10. The molecular weight excluding hydrogens is 335 g/mol. The smallest absolute Gasteiger partial charge is 0.171 e. The Hall–Kier alpha value is -1.10. The number of halogens is 3. The minimum absolute atomic E-state index is 0.0987. The molecule has 1 atom stereocenters. The van der Waals surface area contributed by atoms with Crippen molar-refractivity contribution in [2.75, 3.05) is 7.11 Å². The first-order chi connectivity index (χ1) is 9.04. The summed E-state index contributed by atoms with van der Waals surface area (Å²) in [6, 6.07) is 9.59. The lowest BCUT2D eigenvalue weighted by Crippen LogP contribution is -2.04. The lowest BCUT2D eigenvalue weighted by atomic mass is 10.0. The lowest BCUT2D eigenvalue weighted by Gasteiger charge is -2.15. The summed E-state index contributed by atoms with van der Waals surface area (Å²) >= 11 is 9.15. The van der Waals surface area contributed by atoms with Gasteiger partial charge in [0.1, 0.15) is 6.10 Å². The maximum absolute atomic E-state index is 14.1.